The number of thiophene rings is 1. The van der Waals surface area contributed by atoms with Gasteiger partial charge in [0, 0.05) is 22.6 Å². The van der Waals surface area contributed by atoms with Crippen LogP contribution in [-0.4, -0.2) is 23.4 Å². The molecule has 1 N–H and O–H groups in total. The highest BCUT2D eigenvalue weighted by Gasteiger charge is 2.27. The summed E-state index contributed by atoms with van der Waals surface area (Å²) in [4.78, 5) is 36.6. The molecule has 8 heteroatoms. The van der Waals surface area contributed by atoms with Crippen LogP contribution in [0.5, 0.6) is 0 Å². The second kappa shape index (κ2) is 8.30. The number of non-ortho nitro benzene ring substituents is 1. The molecule has 0 saturated carbocycles. The van der Waals surface area contributed by atoms with Gasteiger partial charge in [-0.05, 0) is 43.7 Å². The highest BCUT2D eigenvalue weighted by Crippen LogP contribution is 2.38. The van der Waals surface area contributed by atoms with Gasteiger partial charge >= 0.3 is 5.97 Å². The molecular formula is C19H20N2O5S. The molecule has 0 aliphatic heterocycles. The quantitative estimate of drug-likeness (QED) is 0.450. The van der Waals surface area contributed by atoms with Crippen LogP contribution < -0.4 is 5.32 Å². The molecule has 27 heavy (non-hydrogen) atoms. The number of esters is 1. The lowest BCUT2D eigenvalue weighted by atomic mass is 9.95. The first kappa shape index (κ1) is 19.0. The van der Waals surface area contributed by atoms with Crippen LogP contribution >= 0.6 is 11.3 Å². The standard InChI is InChI=1S/C19H20N2O5S/c1-2-10-26-19(23)16-14-8-3-4-9-15(14)27-18(16)20-17(22)12-6-5-7-13(11-12)21(24)25/h5-7,11H,2-4,8-10H2,1H3,(H,20,22). The molecule has 7 nitrogen and oxygen atoms in total. The Morgan fingerprint density at radius 2 is 2.07 bits per heavy atom. The van der Waals surface area contributed by atoms with E-state index >= 15 is 0 Å². The Kier molecular flexibility index (Phi) is 5.85. The summed E-state index contributed by atoms with van der Waals surface area (Å²) in [6.07, 6.45) is 4.43. The molecule has 0 unspecified atom stereocenters. The van der Waals surface area contributed by atoms with E-state index in [0.29, 0.717) is 23.6 Å². The van der Waals surface area contributed by atoms with Gasteiger partial charge in [0.25, 0.3) is 11.6 Å². The number of carbonyl (C=O) groups excluding carboxylic acids is 2. The van der Waals surface area contributed by atoms with E-state index < -0.39 is 16.8 Å². The number of rotatable bonds is 6. The van der Waals surface area contributed by atoms with E-state index in [4.69, 9.17) is 4.74 Å². The van der Waals surface area contributed by atoms with Crippen LogP contribution in [0.2, 0.25) is 0 Å². The van der Waals surface area contributed by atoms with Crippen molar-refractivity contribution in [1.82, 2.24) is 0 Å². The third-order valence-corrected chi connectivity index (χ3v) is 5.57. The van der Waals surface area contributed by atoms with Crippen molar-refractivity contribution in [2.24, 2.45) is 0 Å². The topological polar surface area (TPSA) is 98.5 Å². The van der Waals surface area contributed by atoms with Crippen LogP contribution in [0.1, 0.15) is 57.3 Å². The third kappa shape index (κ3) is 4.16. The highest BCUT2D eigenvalue weighted by molar-refractivity contribution is 7.17. The van der Waals surface area contributed by atoms with Gasteiger partial charge in [-0.25, -0.2) is 4.79 Å². The summed E-state index contributed by atoms with van der Waals surface area (Å²) < 4.78 is 5.31. The molecule has 1 heterocycles. The van der Waals surface area contributed by atoms with Gasteiger partial charge in [0.05, 0.1) is 17.1 Å². The smallest absolute Gasteiger partial charge is 0.341 e. The summed E-state index contributed by atoms with van der Waals surface area (Å²) in [6.45, 7) is 2.24. The van der Waals surface area contributed by atoms with Gasteiger partial charge in [0.15, 0.2) is 0 Å². The Labute approximate surface area is 160 Å². The average Bonchev–Trinajstić information content (AvgIpc) is 3.04. The minimum Gasteiger partial charge on any atom is -0.462 e. The van der Waals surface area contributed by atoms with Crippen LogP contribution in [0, 0.1) is 10.1 Å². The van der Waals surface area contributed by atoms with Gasteiger partial charge in [-0.3, -0.25) is 14.9 Å². The van der Waals surface area contributed by atoms with Gasteiger partial charge < -0.3 is 10.1 Å². The number of fused-ring (bicyclic) bond motifs is 1. The Balaban J connectivity index is 1.90. The third-order valence-electron chi connectivity index (χ3n) is 4.36. The molecule has 0 fully saturated rings. The minimum absolute atomic E-state index is 0.157. The Hall–Kier alpha value is -2.74. The molecule has 2 aromatic rings. The molecule has 1 amide bonds. The number of nitrogens with zero attached hydrogens (tertiary/aromatic N) is 1. The zero-order valence-electron chi connectivity index (χ0n) is 14.9. The lowest BCUT2D eigenvalue weighted by Crippen LogP contribution is -2.16. The molecule has 0 saturated heterocycles. The normalized spacial score (nSPS) is 12.9. The lowest BCUT2D eigenvalue weighted by Gasteiger charge is -2.12. The van der Waals surface area contributed by atoms with Gasteiger partial charge in [-0.15, -0.1) is 11.3 Å². The number of benzene rings is 1. The van der Waals surface area contributed by atoms with Crippen molar-refractivity contribution in [2.75, 3.05) is 11.9 Å². The Morgan fingerprint density at radius 1 is 1.30 bits per heavy atom. The van der Waals surface area contributed by atoms with E-state index in [9.17, 15) is 19.7 Å². The summed E-state index contributed by atoms with van der Waals surface area (Å²) >= 11 is 1.39. The molecule has 0 radical (unpaired) electrons. The molecular weight excluding hydrogens is 368 g/mol. The Bertz CT molecular complexity index is 890. The SMILES string of the molecule is CCCOC(=O)c1c(NC(=O)c2cccc([N+](=O)[O-])c2)sc2c1CCCC2. The van der Waals surface area contributed by atoms with E-state index in [1.807, 2.05) is 6.92 Å². The van der Waals surface area contributed by atoms with E-state index in [1.54, 1.807) is 0 Å². The van der Waals surface area contributed by atoms with Gasteiger partial charge in [0.1, 0.15) is 5.00 Å². The summed E-state index contributed by atoms with van der Waals surface area (Å²) in [5.41, 5.74) is 1.41. The number of anilines is 1. The average molecular weight is 388 g/mol. The Morgan fingerprint density at radius 3 is 2.81 bits per heavy atom. The number of hydrogen-bond donors (Lipinski definition) is 1. The monoisotopic (exact) mass is 388 g/mol. The first-order chi connectivity index (χ1) is 13.0. The molecule has 1 aromatic heterocycles. The van der Waals surface area contributed by atoms with Crippen LogP contribution in [0.3, 0.4) is 0 Å². The van der Waals surface area contributed by atoms with Crippen molar-refractivity contribution >= 4 is 33.9 Å². The van der Waals surface area contributed by atoms with Crippen molar-refractivity contribution in [3.8, 4) is 0 Å². The molecule has 142 valence electrons. The first-order valence-electron chi connectivity index (χ1n) is 8.88. The fourth-order valence-corrected chi connectivity index (χ4v) is 4.35. The second-order valence-corrected chi connectivity index (χ2v) is 7.42. The summed E-state index contributed by atoms with van der Waals surface area (Å²) in [5, 5.41) is 14.1. The lowest BCUT2D eigenvalue weighted by molar-refractivity contribution is -0.384. The number of amides is 1. The van der Waals surface area contributed by atoms with E-state index in [0.717, 1.165) is 36.1 Å². The van der Waals surface area contributed by atoms with Crippen molar-refractivity contribution in [2.45, 2.75) is 39.0 Å². The van der Waals surface area contributed by atoms with Crippen LogP contribution in [0.25, 0.3) is 0 Å². The summed E-state index contributed by atoms with van der Waals surface area (Å²) in [6, 6.07) is 5.51. The predicted molar refractivity (Wildman–Crippen MR) is 103 cm³/mol. The fourth-order valence-electron chi connectivity index (χ4n) is 3.07. The maximum absolute atomic E-state index is 12.6. The van der Waals surface area contributed by atoms with Gasteiger partial charge in [-0.2, -0.15) is 0 Å². The zero-order chi connectivity index (χ0) is 19.4. The first-order valence-corrected chi connectivity index (χ1v) is 9.70. The van der Waals surface area contributed by atoms with Crippen LogP contribution in [-0.2, 0) is 17.6 Å². The second-order valence-electron chi connectivity index (χ2n) is 6.31. The summed E-state index contributed by atoms with van der Waals surface area (Å²) in [5.74, 6) is -0.910. The molecule has 3 rings (SSSR count). The molecule has 1 aliphatic rings. The number of nitro benzene ring substituents is 1. The van der Waals surface area contributed by atoms with Crippen molar-refractivity contribution in [3.63, 3.8) is 0 Å². The maximum atomic E-state index is 12.6. The number of ether oxygens (including phenoxy) is 1. The molecule has 0 bridgehead atoms. The van der Waals surface area contributed by atoms with Crippen molar-refractivity contribution in [3.05, 3.63) is 55.9 Å². The van der Waals surface area contributed by atoms with Gasteiger partial charge in [0.2, 0.25) is 0 Å². The maximum Gasteiger partial charge on any atom is 0.341 e. The molecule has 0 spiro atoms. The number of hydrogen-bond acceptors (Lipinski definition) is 6. The molecule has 1 aromatic carbocycles. The van der Waals surface area contributed by atoms with E-state index in [-0.39, 0.29) is 11.3 Å². The summed E-state index contributed by atoms with van der Waals surface area (Å²) in [7, 11) is 0. The van der Waals surface area contributed by atoms with Crippen molar-refractivity contribution < 1.29 is 19.2 Å². The molecule has 0 atom stereocenters. The van der Waals surface area contributed by atoms with Crippen molar-refractivity contribution in [1.29, 1.82) is 0 Å². The van der Waals surface area contributed by atoms with E-state index in [2.05, 4.69) is 5.32 Å². The van der Waals surface area contributed by atoms with Crippen LogP contribution in [0.4, 0.5) is 10.7 Å². The zero-order valence-corrected chi connectivity index (χ0v) is 15.8. The van der Waals surface area contributed by atoms with Gasteiger partial charge in [-0.1, -0.05) is 13.0 Å². The largest absolute Gasteiger partial charge is 0.462 e. The number of carbonyl (C=O) groups is 2. The van der Waals surface area contributed by atoms with E-state index in [1.165, 1.54) is 35.6 Å². The highest BCUT2D eigenvalue weighted by atomic mass is 32.1. The minimum atomic E-state index is -0.547. The number of nitrogens with one attached hydrogen (secondary N) is 1. The van der Waals surface area contributed by atoms with Crippen LogP contribution in [0.15, 0.2) is 24.3 Å². The predicted octanol–water partition coefficient (Wildman–Crippen LogP) is 4.35. The fraction of sp³-hybridized carbons (Fsp3) is 0.368. The molecule has 1 aliphatic carbocycles. The number of aryl methyl sites for hydroxylation is 1. The number of nitro groups is 1.